The smallest absolute Gasteiger partial charge is 0.270 e. The maximum absolute atomic E-state index is 10.9. The topological polar surface area (TPSA) is 57.3 Å². The third-order valence-corrected chi connectivity index (χ3v) is 3.85. The monoisotopic (exact) mass is 308 g/mol. The van der Waals surface area contributed by atoms with Gasteiger partial charge in [-0.05, 0) is 30.4 Å². The van der Waals surface area contributed by atoms with E-state index < -0.39 is 0 Å². The molecule has 2 aromatic carbocycles. The summed E-state index contributed by atoms with van der Waals surface area (Å²) in [6.07, 6.45) is 3.95. The lowest BCUT2D eigenvalue weighted by molar-refractivity contribution is -0.384. The van der Waals surface area contributed by atoms with E-state index in [-0.39, 0.29) is 10.6 Å². The Labute approximate surface area is 133 Å². The molecule has 3 rings (SSSR count). The van der Waals surface area contributed by atoms with E-state index in [1.54, 1.807) is 19.2 Å². The Balaban J connectivity index is 2.01. The molecule has 0 saturated carbocycles. The molecule has 116 valence electrons. The van der Waals surface area contributed by atoms with Gasteiger partial charge in [-0.2, -0.15) is 0 Å². The molecule has 23 heavy (non-hydrogen) atoms. The quantitative estimate of drug-likeness (QED) is 0.534. The average Bonchev–Trinajstić information content (AvgIpc) is 2.88. The molecule has 0 atom stereocenters. The number of methoxy groups -OCH3 is 1. The number of nitro benzene ring substituents is 1. The summed E-state index contributed by atoms with van der Waals surface area (Å²) in [7, 11) is 3.58. The Bertz CT molecular complexity index is 910. The second-order valence-electron chi connectivity index (χ2n) is 5.20. The summed E-state index contributed by atoms with van der Waals surface area (Å²) < 4.78 is 7.34. The molecule has 3 aromatic rings. The van der Waals surface area contributed by atoms with Crippen molar-refractivity contribution in [3.63, 3.8) is 0 Å². The number of nitrogens with zero attached hydrogens (tertiary/aromatic N) is 2. The summed E-state index contributed by atoms with van der Waals surface area (Å²) in [5.74, 6) is 0.804. The number of hydrogen-bond donors (Lipinski definition) is 0. The van der Waals surface area contributed by atoms with Crippen LogP contribution < -0.4 is 4.74 Å². The van der Waals surface area contributed by atoms with Crippen LogP contribution in [-0.4, -0.2) is 16.6 Å². The van der Waals surface area contributed by atoms with Crippen LogP contribution in [0.2, 0.25) is 0 Å². The number of aromatic nitrogens is 1. The van der Waals surface area contributed by atoms with Crippen LogP contribution in [0.15, 0.2) is 48.5 Å². The fraction of sp³-hybridized carbons (Fsp3) is 0.111. The number of aryl methyl sites for hydroxylation is 1. The summed E-state index contributed by atoms with van der Waals surface area (Å²) in [5, 5.41) is 11.7. The molecule has 0 aliphatic rings. The minimum Gasteiger partial charge on any atom is -0.496 e. The van der Waals surface area contributed by atoms with E-state index in [0.29, 0.717) is 0 Å². The van der Waals surface area contributed by atoms with Crippen LogP contribution in [0.4, 0.5) is 5.69 Å². The predicted octanol–water partition coefficient (Wildman–Crippen LogP) is 4.27. The lowest BCUT2D eigenvalue weighted by atomic mass is 10.1. The van der Waals surface area contributed by atoms with Gasteiger partial charge in [-0.3, -0.25) is 10.1 Å². The fourth-order valence-electron chi connectivity index (χ4n) is 2.61. The highest BCUT2D eigenvalue weighted by Crippen LogP contribution is 2.26. The number of hydrogen-bond acceptors (Lipinski definition) is 3. The van der Waals surface area contributed by atoms with Crippen molar-refractivity contribution in [2.45, 2.75) is 0 Å². The van der Waals surface area contributed by atoms with Gasteiger partial charge >= 0.3 is 0 Å². The first kappa shape index (κ1) is 14.8. The van der Waals surface area contributed by atoms with Gasteiger partial charge in [0.1, 0.15) is 5.75 Å². The lowest BCUT2D eigenvalue weighted by Crippen LogP contribution is -1.91. The van der Waals surface area contributed by atoms with Crippen molar-refractivity contribution in [3.05, 3.63) is 69.9 Å². The average molecular weight is 308 g/mol. The molecule has 0 amide bonds. The van der Waals surface area contributed by atoms with Crippen LogP contribution in [0.3, 0.4) is 0 Å². The van der Waals surface area contributed by atoms with Crippen LogP contribution in [0, 0.1) is 10.1 Å². The van der Waals surface area contributed by atoms with Gasteiger partial charge in [-0.25, -0.2) is 0 Å². The highest BCUT2D eigenvalue weighted by Gasteiger charge is 2.10. The number of ether oxygens (including phenoxy) is 1. The third kappa shape index (κ3) is 2.81. The fourth-order valence-corrected chi connectivity index (χ4v) is 2.61. The molecule has 0 spiro atoms. The maximum atomic E-state index is 10.9. The minimum atomic E-state index is -0.378. The largest absolute Gasteiger partial charge is 0.496 e. The van der Waals surface area contributed by atoms with Crippen molar-refractivity contribution >= 4 is 28.7 Å². The maximum Gasteiger partial charge on any atom is 0.270 e. The van der Waals surface area contributed by atoms with Gasteiger partial charge in [0, 0.05) is 41.3 Å². The van der Waals surface area contributed by atoms with Crippen LogP contribution >= 0.6 is 0 Å². The van der Waals surface area contributed by atoms with Gasteiger partial charge in [0.25, 0.3) is 5.69 Å². The standard InChI is InChI=1S/C18H16N2O3/c1-19-15(8-7-13-5-3-4-6-18(13)23-2)11-14-12-16(20(21)22)9-10-17(14)19/h3-12H,1-2H3. The number of nitro groups is 1. The Morgan fingerprint density at radius 2 is 1.91 bits per heavy atom. The van der Waals surface area contributed by atoms with Crippen molar-refractivity contribution in [3.8, 4) is 5.75 Å². The molecule has 0 fully saturated rings. The number of para-hydroxylation sites is 1. The first-order valence-electron chi connectivity index (χ1n) is 7.15. The molecule has 5 nitrogen and oxygen atoms in total. The van der Waals surface area contributed by atoms with E-state index in [0.717, 1.165) is 27.9 Å². The van der Waals surface area contributed by atoms with E-state index in [1.807, 2.05) is 54.1 Å². The molecule has 0 bridgehead atoms. The Morgan fingerprint density at radius 1 is 1.13 bits per heavy atom. The van der Waals surface area contributed by atoms with E-state index >= 15 is 0 Å². The number of benzene rings is 2. The summed E-state index contributed by atoms with van der Waals surface area (Å²) in [6.45, 7) is 0. The number of fused-ring (bicyclic) bond motifs is 1. The van der Waals surface area contributed by atoms with E-state index in [1.165, 1.54) is 6.07 Å². The zero-order valence-corrected chi connectivity index (χ0v) is 12.9. The lowest BCUT2D eigenvalue weighted by Gasteiger charge is -2.04. The van der Waals surface area contributed by atoms with E-state index in [9.17, 15) is 10.1 Å². The Hall–Kier alpha value is -3.08. The highest BCUT2D eigenvalue weighted by molar-refractivity contribution is 5.87. The van der Waals surface area contributed by atoms with E-state index in [2.05, 4.69) is 0 Å². The Kier molecular flexibility index (Phi) is 3.85. The second kappa shape index (κ2) is 5.96. The van der Waals surface area contributed by atoms with Crippen LogP contribution in [0.5, 0.6) is 5.75 Å². The van der Waals surface area contributed by atoms with Crippen molar-refractivity contribution in [2.75, 3.05) is 7.11 Å². The molecule has 0 radical (unpaired) electrons. The number of non-ortho nitro benzene ring substituents is 1. The molecule has 0 saturated heterocycles. The molecular weight excluding hydrogens is 292 g/mol. The summed E-state index contributed by atoms with van der Waals surface area (Å²) in [5.41, 5.74) is 3.00. The molecular formula is C18H16N2O3. The van der Waals surface area contributed by atoms with Crippen molar-refractivity contribution in [1.29, 1.82) is 0 Å². The summed E-state index contributed by atoms with van der Waals surface area (Å²) >= 11 is 0. The van der Waals surface area contributed by atoms with Gasteiger partial charge in [-0.15, -0.1) is 0 Å². The van der Waals surface area contributed by atoms with E-state index in [4.69, 9.17) is 4.74 Å². The van der Waals surface area contributed by atoms with Crippen LogP contribution in [-0.2, 0) is 7.05 Å². The molecule has 0 aliphatic carbocycles. The zero-order valence-electron chi connectivity index (χ0n) is 12.9. The highest BCUT2D eigenvalue weighted by atomic mass is 16.6. The first-order valence-corrected chi connectivity index (χ1v) is 7.15. The molecule has 5 heteroatoms. The Morgan fingerprint density at radius 3 is 2.65 bits per heavy atom. The molecule has 1 aromatic heterocycles. The normalized spacial score (nSPS) is 11.2. The van der Waals surface area contributed by atoms with Gasteiger partial charge in [0.15, 0.2) is 0 Å². The number of rotatable bonds is 4. The summed E-state index contributed by atoms with van der Waals surface area (Å²) in [6, 6.07) is 14.6. The van der Waals surface area contributed by atoms with Gasteiger partial charge in [-0.1, -0.05) is 18.2 Å². The molecule has 1 heterocycles. The van der Waals surface area contributed by atoms with Gasteiger partial charge in [0.2, 0.25) is 0 Å². The molecule has 0 aliphatic heterocycles. The zero-order chi connectivity index (χ0) is 16.4. The molecule has 0 N–H and O–H groups in total. The van der Waals surface area contributed by atoms with Crippen molar-refractivity contribution in [2.24, 2.45) is 7.05 Å². The first-order chi connectivity index (χ1) is 11.1. The van der Waals surface area contributed by atoms with Crippen molar-refractivity contribution < 1.29 is 9.66 Å². The minimum absolute atomic E-state index is 0.100. The van der Waals surface area contributed by atoms with Crippen LogP contribution in [0.1, 0.15) is 11.3 Å². The second-order valence-corrected chi connectivity index (χ2v) is 5.20. The van der Waals surface area contributed by atoms with Gasteiger partial charge in [0.05, 0.1) is 12.0 Å². The molecule has 0 unspecified atom stereocenters. The third-order valence-electron chi connectivity index (χ3n) is 3.85. The van der Waals surface area contributed by atoms with Gasteiger partial charge < -0.3 is 9.30 Å². The van der Waals surface area contributed by atoms with Crippen LogP contribution in [0.25, 0.3) is 23.1 Å². The SMILES string of the molecule is COc1ccccc1C=Cc1cc2cc([N+](=O)[O-])ccc2n1C. The summed E-state index contributed by atoms with van der Waals surface area (Å²) in [4.78, 5) is 10.5. The predicted molar refractivity (Wildman–Crippen MR) is 91.5 cm³/mol. The van der Waals surface area contributed by atoms with Crippen molar-refractivity contribution in [1.82, 2.24) is 4.57 Å².